The zero-order valence-electron chi connectivity index (χ0n) is 13.9. The summed E-state index contributed by atoms with van der Waals surface area (Å²) >= 11 is 0. The number of hydrogen-bond donors (Lipinski definition) is 0. The molecule has 0 aliphatic carbocycles. The van der Waals surface area contributed by atoms with E-state index in [4.69, 9.17) is 9.47 Å². The fourth-order valence-corrected chi connectivity index (χ4v) is 2.98. The maximum atomic E-state index is 12.7. The van der Waals surface area contributed by atoms with Crippen LogP contribution in [0.5, 0.6) is 5.75 Å². The molecule has 1 unspecified atom stereocenters. The predicted octanol–water partition coefficient (Wildman–Crippen LogP) is 2.74. The lowest BCUT2D eigenvalue weighted by Gasteiger charge is -2.17. The van der Waals surface area contributed by atoms with Crippen molar-refractivity contribution in [1.82, 2.24) is 9.88 Å². The molecule has 126 valence electrons. The summed E-state index contributed by atoms with van der Waals surface area (Å²) in [6.45, 7) is 2.50. The molecule has 1 amide bonds. The summed E-state index contributed by atoms with van der Waals surface area (Å²) in [5.41, 5.74) is 1.86. The van der Waals surface area contributed by atoms with Gasteiger partial charge in [0.2, 0.25) is 0 Å². The van der Waals surface area contributed by atoms with Crippen LogP contribution in [0.3, 0.4) is 0 Å². The average molecular weight is 326 g/mol. The number of benzene rings is 1. The van der Waals surface area contributed by atoms with Crippen LogP contribution in [0.4, 0.5) is 0 Å². The lowest BCUT2D eigenvalue weighted by Crippen LogP contribution is -2.28. The molecule has 1 fully saturated rings. The normalized spacial score (nSPS) is 17.0. The molecule has 0 bridgehead atoms. The Hall–Kier alpha value is -2.40. The van der Waals surface area contributed by atoms with Gasteiger partial charge in [-0.2, -0.15) is 0 Å². The number of carbonyl (C=O) groups excluding carboxylic acids is 1. The molecule has 1 atom stereocenters. The molecule has 24 heavy (non-hydrogen) atoms. The van der Waals surface area contributed by atoms with Crippen molar-refractivity contribution < 1.29 is 14.3 Å². The summed E-state index contributed by atoms with van der Waals surface area (Å²) in [4.78, 5) is 18.8. The van der Waals surface area contributed by atoms with Gasteiger partial charge in [0.05, 0.1) is 6.61 Å². The number of methoxy groups -OCH3 is 1. The number of aromatic nitrogens is 1. The molecule has 0 N–H and O–H groups in total. The van der Waals surface area contributed by atoms with Crippen LogP contribution >= 0.6 is 0 Å². The van der Waals surface area contributed by atoms with Crippen molar-refractivity contribution >= 4 is 5.91 Å². The van der Waals surface area contributed by atoms with Crippen LogP contribution in [0, 0.1) is 0 Å². The highest BCUT2D eigenvalue weighted by molar-refractivity contribution is 5.94. The van der Waals surface area contributed by atoms with Crippen LogP contribution < -0.4 is 4.74 Å². The van der Waals surface area contributed by atoms with E-state index in [-0.39, 0.29) is 5.91 Å². The number of likely N-dealkylation sites (tertiary alicyclic amines) is 1. The Labute approximate surface area is 142 Å². The average Bonchev–Trinajstić information content (AvgIpc) is 3.12. The highest BCUT2D eigenvalue weighted by Gasteiger charge is 2.28. The zero-order valence-corrected chi connectivity index (χ0v) is 13.9. The van der Waals surface area contributed by atoms with Crippen LogP contribution in [0.25, 0.3) is 0 Å². The van der Waals surface area contributed by atoms with Crippen molar-refractivity contribution in [2.75, 3.05) is 33.4 Å². The zero-order chi connectivity index (χ0) is 16.8. The lowest BCUT2D eigenvalue weighted by molar-refractivity contribution is 0.0790. The summed E-state index contributed by atoms with van der Waals surface area (Å²) in [7, 11) is 1.63. The molecule has 1 aromatic carbocycles. The standard InChI is InChI=1S/C19H22N2O3/c1-23-10-11-24-18-6-2-4-15(12-18)19(22)21-9-7-17(14-21)16-5-3-8-20-13-16/h2-6,8,12-13,17H,7,9-11,14H2,1H3. The first-order valence-corrected chi connectivity index (χ1v) is 8.19. The third-order valence-corrected chi connectivity index (χ3v) is 4.27. The number of carbonyl (C=O) groups is 1. The monoisotopic (exact) mass is 326 g/mol. The third-order valence-electron chi connectivity index (χ3n) is 4.27. The van der Waals surface area contributed by atoms with Gasteiger partial charge in [0.15, 0.2) is 0 Å². The highest BCUT2D eigenvalue weighted by Crippen LogP contribution is 2.28. The Kier molecular flexibility index (Phi) is 5.43. The van der Waals surface area contributed by atoms with Crippen LogP contribution in [-0.4, -0.2) is 49.2 Å². The molecule has 2 heterocycles. The maximum Gasteiger partial charge on any atom is 0.254 e. The van der Waals surface area contributed by atoms with Gasteiger partial charge < -0.3 is 14.4 Å². The molecule has 3 rings (SSSR count). The molecule has 0 radical (unpaired) electrons. The fourth-order valence-electron chi connectivity index (χ4n) is 2.98. The Bertz CT molecular complexity index is 675. The van der Waals surface area contributed by atoms with E-state index in [1.54, 1.807) is 19.4 Å². The fraction of sp³-hybridized carbons (Fsp3) is 0.368. The van der Waals surface area contributed by atoms with Gasteiger partial charge in [-0.25, -0.2) is 0 Å². The van der Waals surface area contributed by atoms with Crippen LogP contribution in [0.2, 0.25) is 0 Å². The van der Waals surface area contributed by atoms with Crippen molar-refractivity contribution in [1.29, 1.82) is 0 Å². The Morgan fingerprint density at radius 2 is 2.21 bits per heavy atom. The largest absolute Gasteiger partial charge is 0.491 e. The summed E-state index contributed by atoms with van der Waals surface area (Å²) in [5, 5.41) is 0. The van der Waals surface area contributed by atoms with Gasteiger partial charge in [-0.15, -0.1) is 0 Å². The molecule has 0 spiro atoms. The van der Waals surface area contributed by atoms with Crippen molar-refractivity contribution in [3.05, 3.63) is 59.9 Å². The highest BCUT2D eigenvalue weighted by atomic mass is 16.5. The van der Waals surface area contributed by atoms with Crippen LogP contribution in [0.1, 0.15) is 28.3 Å². The molecule has 1 saturated heterocycles. The lowest BCUT2D eigenvalue weighted by atomic mass is 10.0. The second-order valence-corrected chi connectivity index (χ2v) is 5.89. The van der Waals surface area contributed by atoms with Gasteiger partial charge in [0.1, 0.15) is 12.4 Å². The third kappa shape index (κ3) is 3.92. The summed E-state index contributed by atoms with van der Waals surface area (Å²) in [6, 6.07) is 11.4. The summed E-state index contributed by atoms with van der Waals surface area (Å²) in [5.74, 6) is 1.11. The SMILES string of the molecule is COCCOc1cccc(C(=O)N2CCC(c3cccnc3)C2)c1. The summed E-state index contributed by atoms with van der Waals surface area (Å²) < 4.78 is 10.6. The number of nitrogens with zero attached hydrogens (tertiary/aromatic N) is 2. The van der Waals surface area contributed by atoms with Crippen LogP contribution in [0.15, 0.2) is 48.8 Å². The van der Waals surface area contributed by atoms with Crippen molar-refractivity contribution in [3.8, 4) is 5.75 Å². The number of hydrogen-bond acceptors (Lipinski definition) is 4. The molecule has 1 aliphatic heterocycles. The molecular formula is C19H22N2O3. The van der Waals surface area contributed by atoms with Crippen molar-refractivity contribution in [3.63, 3.8) is 0 Å². The van der Waals surface area contributed by atoms with Gasteiger partial charge in [-0.05, 0) is 36.2 Å². The Morgan fingerprint density at radius 1 is 1.29 bits per heavy atom. The number of ether oxygens (including phenoxy) is 2. The number of rotatable bonds is 6. The first-order chi connectivity index (χ1) is 11.8. The Morgan fingerprint density at radius 3 is 3.00 bits per heavy atom. The van der Waals surface area contributed by atoms with Crippen molar-refractivity contribution in [2.24, 2.45) is 0 Å². The molecule has 5 heteroatoms. The van der Waals surface area contributed by atoms with E-state index >= 15 is 0 Å². The topological polar surface area (TPSA) is 51.7 Å². The maximum absolute atomic E-state index is 12.7. The molecule has 5 nitrogen and oxygen atoms in total. The van der Waals surface area contributed by atoms with Crippen molar-refractivity contribution in [2.45, 2.75) is 12.3 Å². The quantitative estimate of drug-likeness (QED) is 0.766. The van der Waals surface area contributed by atoms with Gasteiger partial charge in [-0.3, -0.25) is 9.78 Å². The van der Waals surface area contributed by atoms with E-state index in [0.717, 1.165) is 19.5 Å². The van der Waals surface area contributed by atoms with Gasteiger partial charge >= 0.3 is 0 Å². The molecule has 0 saturated carbocycles. The first-order valence-electron chi connectivity index (χ1n) is 8.19. The van der Waals surface area contributed by atoms with Crippen LogP contribution in [-0.2, 0) is 4.74 Å². The number of pyridine rings is 1. The minimum atomic E-state index is 0.0542. The first kappa shape index (κ1) is 16.5. The second kappa shape index (κ2) is 7.93. The minimum absolute atomic E-state index is 0.0542. The van der Waals surface area contributed by atoms with E-state index in [1.807, 2.05) is 35.4 Å². The second-order valence-electron chi connectivity index (χ2n) is 5.89. The minimum Gasteiger partial charge on any atom is -0.491 e. The van der Waals surface area contributed by atoms with E-state index in [9.17, 15) is 4.79 Å². The molecule has 1 aliphatic rings. The number of amides is 1. The molecule has 1 aromatic heterocycles. The van der Waals surface area contributed by atoms with Gasteiger partial charge in [0, 0.05) is 44.1 Å². The molecular weight excluding hydrogens is 304 g/mol. The molecule has 2 aromatic rings. The van der Waals surface area contributed by atoms with E-state index in [0.29, 0.717) is 30.4 Å². The van der Waals surface area contributed by atoms with E-state index < -0.39 is 0 Å². The summed E-state index contributed by atoms with van der Waals surface area (Å²) in [6.07, 6.45) is 4.64. The van der Waals surface area contributed by atoms with Gasteiger partial charge in [0.25, 0.3) is 5.91 Å². The van der Waals surface area contributed by atoms with Gasteiger partial charge in [-0.1, -0.05) is 12.1 Å². The Balaban J connectivity index is 1.63. The smallest absolute Gasteiger partial charge is 0.254 e. The van der Waals surface area contributed by atoms with E-state index in [1.165, 1.54) is 5.56 Å². The van der Waals surface area contributed by atoms with E-state index in [2.05, 4.69) is 11.1 Å². The predicted molar refractivity (Wildman–Crippen MR) is 91.3 cm³/mol.